The molecule has 0 spiro atoms. The average molecular weight is 333 g/mol. The van der Waals surface area contributed by atoms with Gasteiger partial charge in [-0.05, 0) is 41.9 Å². The predicted molar refractivity (Wildman–Crippen MR) is 75.0 cm³/mol. The molecule has 0 aliphatic carbocycles. The van der Waals surface area contributed by atoms with Crippen LogP contribution in [0.15, 0.2) is 33.6 Å². The van der Waals surface area contributed by atoms with E-state index in [1.54, 1.807) is 22.5 Å². The van der Waals surface area contributed by atoms with Crippen molar-refractivity contribution in [2.45, 2.75) is 24.3 Å². The van der Waals surface area contributed by atoms with Crippen molar-refractivity contribution < 1.29 is 8.42 Å². The van der Waals surface area contributed by atoms with Crippen LogP contribution in [-0.4, -0.2) is 37.9 Å². The van der Waals surface area contributed by atoms with E-state index in [4.69, 9.17) is 0 Å². The fourth-order valence-corrected chi connectivity index (χ4v) is 4.66. The minimum Gasteiger partial charge on any atom is -0.309 e. The van der Waals surface area contributed by atoms with Crippen LogP contribution < -0.4 is 5.32 Å². The molecule has 6 heteroatoms. The number of benzene rings is 1. The largest absolute Gasteiger partial charge is 0.309 e. The van der Waals surface area contributed by atoms with Crippen molar-refractivity contribution in [3.8, 4) is 0 Å². The van der Waals surface area contributed by atoms with Crippen LogP contribution in [0.1, 0.15) is 13.8 Å². The van der Waals surface area contributed by atoms with E-state index in [1.807, 2.05) is 19.9 Å². The van der Waals surface area contributed by atoms with Gasteiger partial charge in [0.25, 0.3) is 0 Å². The topological polar surface area (TPSA) is 49.4 Å². The first kappa shape index (κ1) is 14.0. The molecule has 100 valence electrons. The summed E-state index contributed by atoms with van der Waals surface area (Å²) in [4.78, 5) is 0.336. The third-order valence-electron chi connectivity index (χ3n) is 2.99. The second-order valence-electron chi connectivity index (χ2n) is 5.08. The summed E-state index contributed by atoms with van der Waals surface area (Å²) < 4.78 is 27.3. The van der Waals surface area contributed by atoms with E-state index < -0.39 is 10.0 Å². The molecule has 0 bridgehead atoms. The van der Waals surface area contributed by atoms with Crippen LogP contribution >= 0.6 is 15.9 Å². The Kier molecular flexibility index (Phi) is 3.82. The van der Waals surface area contributed by atoms with Crippen LogP contribution in [0.4, 0.5) is 0 Å². The number of hydrogen-bond donors (Lipinski definition) is 1. The summed E-state index contributed by atoms with van der Waals surface area (Å²) in [5.74, 6) is 0. The number of sulfonamides is 1. The molecule has 1 N–H and O–H groups in total. The highest BCUT2D eigenvalue weighted by Gasteiger charge is 2.34. The van der Waals surface area contributed by atoms with Gasteiger partial charge in [0, 0.05) is 29.6 Å². The van der Waals surface area contributed by atoms with Crippen molar-refractivity contribution in [3.63, 3.8) is 0 Å². The third-order valence-corrected chi connectivity index (χ3v) is 5.85. The first-order chi connectivity index (χ1) is 8.33. The fourth-order valence-electron chi connectivity index (χ4n) is 2.09. The maximum absolute atomic E-state index is 12.6. The van der Waals surface area contributed by atoms with E-state index in [0.717, 1.165) is 0 Å². The van der Waals surface area contributed by atoms with Gasteiger partial charge in [-0.2, -0.15) is 4.31 Å². The first-order valence-corrected chi connectivity index (χ1v) is 8.06. The van der Waals surface area contributed by atoms with Gasteiger partial charge in [0.15, 0.2) is 0 Å². The second kappa shape index (κ2) is 4.92. The lowest BCUT2D eigenvalue weighted by molar-refractivity contribution is 0.233. The number of nitrogens with zero attached hydrogens (tertiary/aromatic N) is 1. The molecule has 1 fully saturated rings. The Morgan fingerprint density at radius 2 is 2.00 bits per heavy atom. The van der Waals surface area contributed by atoms with Gasteiger partial charge in [-0.3, -0.25) is 0 Å². The molecular weight excluding hydrogens is 316 g/mol. The summed E-state index contributed by atoms with van der Waals surface area (Å²) in [5.41, 5.74) is -0.188. The lowest BCUT2D eigenvalue weighted by Gasteiger charge is -2.38. The number of nitrogens with one attached hydrogen (secondary N) is 1. The highest BCUT2D eigenvalue weighted by Crippen LogP contribution is 2.26. The van der Waals surface area contributed by atoms with Gasteiger partial charge < -0.3 is 5.32 Å². The van der Waals surface area contributed by atoms with Gasteiger partial charge in [0.2, 0.25) is 10.0 Å². The Balaban J connectivity index is 2.35. The van der Waals surface area contributed by atoms with Gasteiger partial charge in [-0.25, -0.2) is 8.42 Å². The van der Waals surface area contributed by atoms with E-state index in [1.165, 1.54) is 0 Å². The van der Waals surface area contributed by atoms with Gasteiger partial charge in [0.1, 0.15) is 0 Å². The summed E-state index contributed by atoms with van der Waals surface area (Å²) >= 11 is 3.31. The Bertz CT molecular complexity index is 543. The maximum Gasteiger partial charge on any atom is 0.244 e. The molecule has 1 aliphatic rings. The molecule has 1 aliphatic heterocycles. The van der Waals surface area contributed by atoms with Gasteiger partial charge in [-0.1, -0.05) is 12.1 Å². The Morgan fingerprint density at radius 1 is 1.33 bits per heavy atom. The Morgan fingerprint density at radius 3 is 2.61 bits per heavy atom. The summed E-state index contributed by atoms with van der Waals surface area (Å²) in [6.07, 6.45) is 0. The van der Waals surface area contributed by atoms with Crippen LogP contribution in [-0.2, 0) is 10.0 Å². The Hall–Kier alpha value is -0.430. The third kappa shape index (κ3) is 2.77. The standard InChI is InChI=1S/C12H17BrN2O2S/c1-12(2)9-15(8-7-14-12)18(16,17)11-6-4-3-5-10(11)13/h3-6,14H,7-9H2,1-2H3. The summed E-state index contributed by atoms with van der Waals surface area (Å²) in [7, 11) is -3.42. The van der Waals surface area contributed by atoms with Crippen molar-refractivity contribution in [2.24, 2.45) is 0 Å². The molecule has 0 radical (unpaired) electrons. The molecule has 1 saturated heterocycles. The predicted octanol–water partition coefficient (Wildman–Crippen LogP) is 1.82. The molecule has 2 rings (SSSR count). The SMILES string of the molecule is CC1(C)CN(S(=O)(=O)c2ccccc2Br)CCN1. The van der Waals surface area contributed by atoms with Crippen LogP contribution in [0.25, 0.3) is 0 Å². The van der Waals surface area contributed by atoms with Crippen molar-refractivity contribution in [1.29, 1.82) is 0 Å². The monoisotopic (exact) mass is 332 g/mol. The van der Waals surface area contributed by atoms with E-state index in [0.29, 0.717) is 29.0 Å². The molecule has 0 amide bonds. The molecule has 0 aromatic heterocycles. The quantitative estimate of drug-likeness (QED) is 0.898. The van der Waals surface area contributed by atoms with Gasteiger partial charge in [0.05, 0.1) is 4.90 Å². The zero-order valence-electron chi connectivity index (χ0n) is 10.5. The van der Waals surface area contributed by atoms with Crippen LogP contribution in [0.3, 0.4) is 0 Å². The molecule has 0 atom stereocenters. The highest BCUT2D eigenvalue weighted by atomic mass is 79.9. The van der Waals surface area contributed by atoms with Crippen molar-refractivity contribution >= 4 is 26.0 Å². The van der Waals surface area contributed by atoms with Crippen molar-refractivity contribution in [1.82, 2.24) is 9.62 Å². The molecular formula is C12H17BrN2O2S. The molecule has 1 heterocycles. The minimum absolute atomic E-state index is 0.188. The van der Waals surface area contributed by atoms with E-state index >= 15 is 0 Å². The smallest absolute Gasteiger partial charge is 0.244 e. The van der Waals surface area contributed by atoms with E-state index in [9.17, 15) is 8.42 Å². The summed E-state index contributed by atoms with van der Waals surface area (Å²) in [6, 6.07) is 6.93. The van der Waals surface area contributed by atoms with Gasteiger partial charge >= 0.3 is 0 Å². The molecule has 0 saturated carbocycles. The minimum atomic E-state index is -3.42. The molecule has 18 heavy (non-hydrogen) atoms. The van der Waals surface area contributed by atoms with E-state index in [-0.39, 0.29) is 5.54 Å². The average Bonchev–Trinajstić information content (AvgIpc) is 2.28. The maximum atomic E-state index is 12.6. The number of halogens is 1. The number of rotatable bonds is 2. The lowest BCUT2D eigenvalue weighted by Crippen LogP contribution is -2.58. The van der Waals surface area contributed by atoms with E-state index in [2.05, 4.69) is 21.2 Å². The number of hydrogen-bond acceptors (Lipinski definition) is 3. The van der Waals surface area contributed by atoms with Crippen molar-refractivity contribution in [2.75, 3.05) is 19.6 Å². The molecule has 4 nitrogen and oxygen atoms in total. The van der Waals surface area contributed by atoms with Crippen LogP contribution in [0.5, 0.6) is 0 Å². The summed E-state index contributed by atoms with van der Waals surface area (Å²) in [5, 5.41) is 3.31. The van der Waals surface area contributed by atoms with Gasteiger partial charge in [-0.15, -0.1) is 0 Å². The Labute approximate surface area is 117 Å². The second-order valence-corrected chi connectivity index (χ2v) is 7.84. The first-order valence-electron chi connectivity index (χ1n) is 5.83. The zero-order chi connectivity index (χ0) is 13.4. The van der Waals surface area contributed by atoms with Crippen LogP contribution in [0, 0.1) is 0 Å². The molecule has 1 aromatic carbocycles. The fraction of sp³-hybridized carbons (Fsp3) is 0.500. The lowest BCUT2D eigenvalue weighted by atomic mass is 10.0. The zero-order valence-corrected chi connectivity index (χ0v) is 12.9. The highest BCUT2D eigenvalue weighted by molar-refractivity contribution is 9.10. The summed E-state index contributed by atoms with van der Waals surface area (Å²) in [6.45, 7) is 5.68. The normalized spacial score (nSPS) is 20.8. The number of piperazine rings is 1. The van der Waals surface area contributed by atoms with Crippen molar-refractivity contribution in [3.05, 3.63) is 28.7 Å². The molecule has 0 unspecified atom stereocenters. The van der Waals surface area contributed by atoms with Crippen LogP contribution in [0.2, 0.25) is 0 Å². The molecule has 1 aromatic rings.